The standard InChI is InChI=1S/C14H19FN2O2/c1-9-7-16-8-10(2)17(9)14(18)11-4-5-13(19-3)12(15)6-11/h4-6,9-10,16H,7-8H2,1-3H3. The average Bonchev–Trinajstić information content (AvgIpc) is 2.38. The van der Waals surface area contributed by atoms with Gasteiger partial charge in [-0.05, 0) is 32.0 Å². The molecule has 0 bridgehead atoms. The van der Waals surface area contributed by atoms with Gasteiger partial charge in [-0.1, -0.05) is 0 Å². The Morgan fingerprint density at radius 2 is 2.00 bits per heavy atom. The van der Waals surface area contributed by atoms with Crippen molar-refractivity contribution < 1.29 is 13.9 Å². The molecule has 0 saturated carbocycles. The van der Waals surface area contributed by atoms with Gasteiger partial charge >= 0.3 is 0 Å². The van der Waals surface area contributed by atoms with Crippen LogP contribution in [0, 0.1) is 5.82 Å². The second-order valence-electron chi connectivity index (χ2n) is 4.92. The largest absolute Gasteiger partial charge is 0.494 e. The SMILES string of the molecule is COc1ccc(C(=O)N2C(C)CNCC2C)cc1F. The number of nitrogens with one attached hydrogen (secondary N) is 1. The maximum absolute atomic E-state index is 13.7. The second kappa shape index (κ2) is 5.57. The van der Waals surface area contributed by atoms with Crippen molar-refractivity contribution >= 4 is 5.91 Å². The van der Waals surface area contributed by atoms with Gasteiger partial charge in [0.1, 0.15) is 0 Å². The Kier molecular flexibility index (Phi) is 4.04. The maximum Gasteiger partial charge on any atom is 0.254 e. The maximum atomic E-state index is 13.7. The second-order valence-corrected chi connectivity index (χ2v) is 4.92. The third-order valence-corrected chi connectivity index (χ3v) is 3.46. The molecule has 5 heteroatoms. The zero-order chi connectivity index (χ0) is 14.0. The zero-order valence-corrected chi connectivity index (χ0v) is 11.4. The lowest BCUT2D eigenvalue weighted by Crippen LogP contribution is -2.57. The molecule has 4 nitrogen and oxygen atoms in total. The number of methoxy groups -OCH3 is 1. The Labute approximate surface area is 112 Å². The molecule has 1 fully saturated rings. The van der Waals surface area contributed by atoms with Crippen LogP contribution in [-0.4, -0.2) is 43.1 Å². The third-order valence-electron chi connectivity index (χ3n) is 3.46. The molecule has 19 heavy (non-hydrogen) atoms. The van der Waals surface area contributed by atoms with E-state index < -0.39 is 5.82 Å². The molecule has 2 rings (SSSR count). The van der Waals surface area contributed by atoms with Crippen LogP contribution >= 0.6 is 0 Å². The van der Waals surface area contributed by atoms with Crippen LogP contribution in [0.15, 0.2) is 18.2 Å². The van der Waals surface area contributed by atoms with E-state index in [4.69, 9.17) is 4.74 Å². The molecule has 0 aromatic heterocycles. The molecular formula is C14H19FN2O2. The molecule has 1 saturated heterocycles. The van der Waals surface area contributed by atoms with Crippen LogP contribution in [-0.2, 0) is 0 Å². The molecule has 1 aromatic carbocycles. The Bertz CT molecular complexity index is 469. The minimum absolute atomic E-state index is 0.0985. The van der Waals surface area contributed by atoms with Gasteiger partial charge in [-0.3, -0.25) is 4.79 Å². The summed E-state index contributed by atoms with van der Waals surface area (Å²) in [6, 6.07) is 4.52. The van der Waals surface area contributed by atoms with Gasteiger partial charge in [-0.25, -0.2) is 4.39 Å². The Morgan fingerprint density at radius 1 is 1.37 bits per heavy atom. The highest BCUT2D eigenvalue weighted by atomic mass is 19.1. The van der Waals surface area contributed by atoms with Crippen LogP contribution in [0.4, 0.5) is 4.39 Å². The minimum Gasteiger partial charge on any atom is -0.494 e. The van der Waals surface area contributed by atoms with Crippen LogP contribution in [0.2, 0.25) is 0 Å². The number of hydrogen-bond donors (Lipinski definition) is 1. The van der Waals surface area contributed by atoms with Crippen molar-refractivity contribution in [3.05, 3.63) is 29.6 Å². The van der Waals surface area contributed by atoms with Crippen molar-refractivity contribution in [2.24, 2.45) is 0 Å². The van der Waals surface area contributed by atoms with E-state index in [2.05, 4.69) is 5.32 Å². The minimum atomic E-state index is -0.510. The van der Waals surface area contributed by atoms with Crippen molar-refractivity contribution in [3.63, 3.8) is 0 Å². The summed E-state index contributed by atoms with van der Waals surface area (Å²) in [4.78, 5) is 14.3. The first-order valence-corrected chi connectivity index (χ1v) is 6.41. The number of hydrogen-bond acceptors (Lipinski definition) is 3. The molecule has 2 unspecified atom stereocenters. The number of nitrogens with zero attached hydrogens (tertiary/aromatic N) is 1. The molecule has 0 radical (unpaired) electrons. The monoisotopic (exact) mass is 266 g/mol. The third kappa shape index (κ3) is 2.71. The van der Waals surface area contributed by atoms with Crippen LogP contribution in [0.1, 0.15) is 24.2 Å². The number of rotatable bonds is 2. The lowest BCUT2D eigenvalue weighted by atomic mass is 10.1. The van der Waals surface area contributed by atoms with Crippen molar-refractivity contribution in [2.75, 3.05) is 20.2 Å². The van der Waals surface area contributed by atoms with Crippen LogP contribution in [0.5, 0.6) is 5.75 Å². The lowest BCUT2D eigenvalue weighted by Gasteiger charge is -2.39. The summed E-state index contributed by atoms with van der Waals surface area (Å²) in [5, 5.41) is 3.26. The summed E-state index contributed by atoms with van der Waals surface area (Å²) in [6.45, 7) is 5.49. The highest BCUT2D eigenvalue weighted by Gasteiger charge is 2.29. The Hall–Kier alpha value is -1.62. The van der Waals surface area contributed by atoms with Crippen molar-refractivity contribution in [3.8, 4) is 5.75 Å². The first-order chi connectivity index (χ1) is 9.04. The van der Waals surface area contributed by atoms with Crippen LogP contribution in [0.25, 0.3) is 0 Å². The van der Waals surface area contributed by atoms with Crippen molar-refractivity contribution in [2.45, 2.75) is 25.9 Å². The molecule has 1 heterocycles. The molecule has 1 aliphatic rings. The van der Waals surface area contributed by atoms with Crippen molar-refractivity contribution in [1.82, 2.24) is 10.2 Å². The molecule has 1 amide bonds. The number of carbonyl (C=O) groups is 1. The molecule has 104 valence electrons. The fourth-order valence-corrected chi connectivity index (χ4v) is 2.48. The summed E-state index contributed by atoms with van der Waals surface area (Å²) in [7, 11) is 1.40. The van der Waals surface area contributed by atoms with Gasteiger partial charge < -0.3 is 15.0 Å². The van der Waals surface area contributed by atoms with Crippen LogP contribution < -0.4 is 10.1 Å². The predicted molar refractivity (Wildman–Crippen MR) is 70.9 cm³/mol. The summed E-state index contributed by atoms with van der Waals surface area (Å²) in [5.74, 6) is -0.496. The molecule has 1 aliphatic heterocycles. The lowest BCUT2D eigenvalue weighted by molar-refractivity contribution is 0.0544. The fraction of sp³-hybridized carbons (Fsp3) is 0.500. The zero-order valence-electron chi connectivity index (χ0n) is 11.4. The van der Waals surface area contributed by atoms with Gasteiger partial charge in [0.2, 0.25) is 0 Å². The summed E-state index contributed by atoms with van der Waals surface area (Å²) in [6.07, 6.45) is 0. The molecule has 1 N–H and O–H groups in total. The van der Waals surface area contributed by atoms with E-state index in [1.54, 1.807) is 11.0 Å². The van der Waals surface area contributed by atoms with E-state index in [1.165, 1.54) is 19.2 Å². The molecule has 2 atom stereocenters. The first-order valence-electron chi connectivity index (χ1n) is 6.41. The van der Waals surface area contributed by atoms with E-state index in [1.807, 2.05) is 13.8 Å². The van der Waals surface area contributed by atoms with Gasteiger partial charge in [0.05, 0.1) is 7.11 Å². The van der Waals surface area contributed by atoms with Crippen LogP contribution in [0.3, 0.4) is 0 Å². The normalized spacial score (nSPS) is 23.3. The average molecular weight is 266 g/mol. The van der Waals surface area contributed by atoms with Crippen molar-refractivity contribution in [1.29, 1.82) is 0 Å². The number of carbonyl (C=O) groups excluding carboxylic acids is 1. The smallest absolute Gasteiger partial charge is 0.254 e. The van der Waals surface area contributed by atoms with E-state index in [9.17, 15) is 9.18 Å². The number of halogens is 1. The number of amides is 1. The summed E-state index contributed by atoms with van der Waals surface area (Å²) >= 11 is 0. The molecule has 0 spiro atoms. The predicted octanol–water partition coefficient (Wildman–Crippen LogP) is 1.66. The van der Waals surface area contributed by atoms with E-state index in [0.717, 1.165) is 13.1 Å². The quantitative estimate of drug-likeness (QED) is 0.885. The number of benzene rings is 1. The number of piperazine rings is 1. The topological polar surface area (TPSA) is 41.6 Å². The van der Waals surface area contributed by atoms with Gasteiger partial charge in [0.25, 0.3) is 5.91 Å². The highest BCUT2D eigenvalue weighted by molar-refractivity contribution is 5.94. The van der Waals surface area contributed by atoms with E-state index in [-0.39, 0.29) is 23.7 Å². The summed E-state index contributed by atoms with van der Waals surface area (Å²) in [5.41, 5.74) is 0.360. The Balaban J connectivity index is 2.25. The molecule has 0 aliphatic carbocycles. The van der Waals surface area contributed by atoms with Gasteiger partial charge in [0.15, 0.2) is 11.6 Å². The van der Waals surface area contributed by atoms with E-state index in [0.29, 0.717) is 5.56 Å². The van der Waals surface area contributed by atoms with Gasteiger partial charge in [0, 0.05) is 30.7 Å². The van der Waals surface area contributed by atoms with Gasteiger partial charge in [-0.15, -0.1) is 0 Å². The molecule has 1 aromatic rings. The fourth-order valence-electron chi connectivity index (χ4n) is 2.48. The Morgan fingerprint density at radius 3 is 2.53 bits per heavy atom. The highest BCUT2D eigenvalue weighted by Crippen LogP contribution is 2.21. The van der Waals surface area contributed by atoms with E-state index >= 15 is 0 Å². The van der Waals surface area contributed by atoms with Gasteiger partial charge in [-0.2, -0.15) is 0 Å². The summed E-state index contributed by atoms with van der Waals surface area (Å²) < 4.78 is 18.5. The number of ether oxygens (including phenoxy) is 1. The first kappa shape index (κ1) is 13.8. The molecular weight excluding hydrogens is 247 g/mol.